The van der Waals surface area contributed by atoms with Crippen LogP contribution in [0.4, 0.5) is 0 Å². The summed E-state index contributed by atoms with van der Waals surface area (Å²) in [7, 11) is 1.40. The Morgan fingerprint density at radius 2 is 1.81 bits per heavy atom. The summed E-state index contributed by atoms with van der Waals surface area (Å²) in [5.41, 5.74) is 2.35. The summed E-state index contributed by atoms with van der Waals surface area (Å²) >= 11 is 5.98. The summed E-state index contributed by atoms with van der Waals surface area (Å²) in [6.45, 7) is 5.18. The van der Waals surface area contributed by atoms with Gasteiger partial charge in [0, 0.05) is 18.1 Å². The van der Waals surface area contributed by atoms with Crippen molar-refractivity contribution in [3.63, 3.8) is 0 Å². The van der Waals surface area contributed by atoms with Gasteiger partial charge in [0.2, 0.25) is 0 Å². The minimum atomic E-state index is -0.194. The van der Waals surface area contributed by atoms with E-state index in [2.05, 4.69) is 5.10 Å². The fourth-order valence-electron chi connectivity index (χ4n) is 3.52. The molecule has 1 saturated heterocycles. The molecule has 0 spiro atoms. The van der Waals surface area contributed by atoms with Crippen LogP contribution in [0.2, 0.25) is 5.02 Å². The summed E-state index contributed by atoms with van der Waals surface area (Å²) < 4.78 is 6.62. The van der Waals surface area contributed by atoms with Gasteiger partial charge in [-0.15, -0.1) is 0 Å². The molecule has 3 rings (SSSR count). The van der Waals surface area contributed by atoms with Crippen LogP contribution in [0.5, 0.6) is 0 Å². The number of hydrogen-bond donors (Lipinski definition) is 0. The van der Waals surface area contributed by atoms with E-state index >= 15 is 0 Å². The summed E-state index contributed by atoms with van der Waals surface area (Å²) in [6.07, 6.45) is 2.89. The Bertz CT molecular complexity index is 821. The van der Waals surface area contributed by atoms with E-state index in [0.717, 1.165) is 11.4 Å². The van der Waals surface area contributed by atoms with E-state index in [-0.39, 0.29) is 23.7 Å². The highest BCUT2D eigenvalue weighted by molar-refractivity contribution is 6.30. The molecular formula is C20H24ClN3O3. The van der Waals surface area contributed by atoms with Crippen molar-refractivity contribution in [1.29, 1.82) is 0 Å². The minimum absolute atomic E-state index is 0.0396. The van der Waals surface area contributed by atoms with E-state index in [1.165, 1.54) is 7.11 Å². The van der Waals surface area contributed by atoms with Gasteiger partial charge >= 0.3 is 5.97 Å². The zero-order valence-corrected chi connectivity index (χ0v) is 16.6. The second kappa shape index (κ2) is 8.13. The molecule has 144 valence electrons. The highest BCUT2D eigenvalue weighted by Gasteiger charge is 2.31. The molecule has 2 heterocycles. The molecule has 0 radical (unpaired) electrons. The zero-order valence-electron chi connectivity index (χ0n) is 15.8. The molecule has 1 aliphatic heterocycles. The average Bonchev–Trinajstić information content (AvgIpc) is 3.13. The first kappa shape index (κ1) is 19.4. The fourth-order valence-corrected chi connectivity index (χ4v) is 3.65. The van der Waals surface area contributed by atoms with Gasteiger partial charge in [-0.2, -0.15) is 5.10 Å². The van der Waals surface area contributed by atoms with E-state index in [0.29, 0.717) is 36.5 Å². The van der Waals surface area contributed by atoms with Crippen LogP contribution in [0.25, 0.3) is 5.69 Å². The van der Waals surface area contributed by atoms with Crippen LogP contribution >= 0.6 is 11.6 Å². The molecule has 6 nitrogen and oxygen atoms in total. The van der Waals surface area contributed by atoms with Gasteiger partial charge in [0.15, 0.2) is 0 Å². The second-order valence-electron chi connectivity index (χ2n) is 7.08. The van der Waals surface area contributed by atoms with Gasteiger partial charge in [0.1, 0.15) is 0 Å². The lowest BCUT2D eigenvalue weighted by atomic mass is 9.96. The van der Waals surface area contributed by atoms with Crippen molar-refractivity contribution in [2.45, 2.75) is 32.6 Å². The standard InChI is InChI=1S/C20H24ClN3O3/c1-13(2)18-17(12-22-24(18)16-6-4-15(21)5-7-16)19(25)23-10-8-14(9-11-23)20(26)27-3/h4-7,12-14H,8-11H2,1-3H3. The Balaban J connectivity index is 1.83. The maximum absolute atomic E-state index is 13.1. The summed E-state index contributed by atoms with van der Waals surface area (Å²) in [5, 5.41) is 5.12. The average molecular weight is 390 g/mol. The number of hydrogen-bond acceptors (Lipinski definition) is 4. The topological polar surface area (TPSA) is 64.4 Å². The van der Waals surface area contributed by atoms with Gasteiger partial charge in [-0.25, -0.2) is 4.68 Å². The van der Waals surface area contributed by atoms with Crippen LogP contribution in [0.15, 0.2) is 30.5 Å². The number of piperidine rings is 1. The molecule has 0 aliphatic carbocycles. The van der Waals surface area contributed by atoms with E-state index in [9.17, 15) is 9.59 Å². The zero-order chi connectivity index (χ0) is 19.6. The van der Waals surface area contributed by atoms with Crippen molar-refractivity contribution in [3.8, 4) is 5.69 Å². The molecule has 0 bridgehead atoms. The summed E-state index contributed by atoms with van der Waals surface area (Å²) in [5.74, 6) is -0.238. The van der Waals surface area contributed by atoms with Gasteiger partial charge in [0.05, 0.1) is 36.2 Å². The minimum Gasteiger partial charge on any atom is -0.469 e. The molecule has 0 N–H and O–H groups in total. The Morgan fingerprint density at radius 3 is 2.37 bits per heavy atom. The normalized spacial score (nSPS) is 15.2. The molecule has 1 aromatic carbocycles. The van der Waals surface area contributed by atoms with Gasteiger partial charge in [-0.1, -0.05) is 25.4 Å². The molecule has 0 saturated carbocycles. The number of rotatable bonds is 4. The number of carbonyl (C=O) groups excluding carboxylic acids is 2. The number of aromatic nitrogens is 2. The van der Waals surface area contributed by atoms with Crippen molar-refractivity contribution < 1.29 is 14.3 Å². The third-order valence-corrected chi connectivity index (χ3v) is 5.22. The summed E-state index contributed by atoms with van der Waals surface area (Å²) in [4.78, 5) is 26.6. The van der Waals surface area contributed by atoms with Crippen LogP contribution in [0, 0.1) is 5.92 Å². The predicted molar refractivity (Wildman–Crippen MR) is 103 cm³/mol. The smallest absolute Gasteiger partial charge is 0.308 e. The third-order valence-electron chi connectivity index (χ3n) is 4.97. The number of benzene rings is 1. The molecule has 1 fully saturated rings. The van der Waals surface area contributed by atoms with Crippen LogP contribution in [0.3, 0.4) is 0 Å². The molecule has 1 aromatic heterocycles. The monoisotopic (exact) mass is 389 g/mol. The number of ether oxygens (including phenoxy) is 1. The Morgan fingerprint density at radius 1 is 1.19 bits per heavy atom. The van der Waals surface area contributed by atoms with Crippen molar-refractivity contribution in [2.75, 3.05) is 20.2 Å². The van der Waals surface area contributed by atoms with Crippen LogP contribution < -0.4 is 0 Å². The van der Waals surface area contributed by atoms with Crippen molar-refractivity contribution >= 4 is 23.5 Å². The Kier molecular flexibility index (Phi) is 5.85. The lowest BCUT2D eigenvalue weighted by molar-refractivity contribution is -0.146. The van der Waals surface area contributed by atoms with E-state index in [4.69, 9.17) is 16.3 Å². The number of halogens is 1. The van der Waals surface area contributed by atoms with Crippen LogP contribution in [-0.4, -0.2) is 46.8 Å². The number of methoxy groups -OCH3 is 1. The number of esters is 1. The molecule has 2 aromatic rings. The molecule has 7 heteroatoms. The fraction of sp³-hybridized carbons (Fsp3) is 0.450. The molecule has 27 heavy (non-hydrogen) atoms. The first-order valence-corrected chi connectivity index (χ1v) is 9.51. The predicted octanol–water partition coefficient (Wildman–Crippen LogP) is 3.67. The van der Waals surface area contributed by atoms with Gasteiger partial charge in [-0.05, 0) is 43.0 Å². The van der Waals surface area contributed by atoms with Crippen molar-refractivity contribution in [2.24, 2.45) is 5.92 Å². The lowest BCUT2D eigenvalue weighted by Crippen LogP contribution is -2.40. The van der Waals surface area contributed by atoms with Gasteiger partial charge < -0.3 is 9.64 Å². The molecule has 0 unspecified atom stereocenters. The van der Waals surface area contributed by atoms with Gasteiger partial charge in [-0.3, -0.25) is 9.59 Å². The largest absolute Gasteiger partial charge is 0.469 e. The quantitative estimate of drug-likeness (QED) is 0.748. The Hall–Kier alpha value is -2.34. The lowest BCUT2D eigenvalue weighted by Gasteiger charge is -2.30. The van der Waals surface area contributed by atoms with Crippen molar-refractivity contribution in [3.05, 3.63) is 46.7 Å². The first-order valence-electron chi connectivity index (χ1n) is 9.13. The van der Waals surface area contributed by atoms with E-state index in [1.807, 2.05) is 38.1 Å². The summed E-state index contributed by atoms with van der Waals surface area (Å²) in [6, 6.07) is 7.39. The van der Waals surface area contributed by atoms with E-state index in [1.54, 1.807) is 15.8 Å². The third kappa shape index (κ3) is 4.00. The second-order valence-corrected chi connectivity index (χ2v) is 7.51. The highest BCUT2D eigenvalue weighted by Crippen LogP contribution is 2.27. The maximum atomic E-state index is 13.1. The maximum Gasteiger partial charge on any atom is 0.308 e. The number of carbonyl (C=O) groups is 2. The first-order chi connectivity index (χ1) is 12.9. The van der Waals surface area contributed by atoms with Crippen LogP contribution in [-0.2, 0) is 9.53 Å². The Labute approximate surface area is 164 Å². The number of nitrogens with zero attached hydrogens (tertiary/aromatic N) is 3. The van der Waals surface area contributed by atoms with Crippen molar-refractivity contribution in [1.82, 2.24) is 14.7 Å². The van der Waals surface area contributed by atoms with E-state index < -0.39 is 0 Å². The van der Waals surface area contributed by atoms with Crippen LogP contribution in [0.1, 0.15) is 48.7 Å². The molecule has 0 atom stereocenters. The number of amides is 1. The SMILES string of the molecule is COC(=O)C1CCN(C(=O)c2cnn(-c3ccc(Cl)cc3)c2C(C)C)CC1. The molecular weight excluding hydrogens is 366 g/mol. The molecule has 1 amide bonds. The number of likely N-dealkylation sites (tertiary alicyclic amines) is 1. The highest BCUT2D eigenvalue weighted by atomic mass is 35.5. The van der Waals surface area contributed by atoms with Gasteiger partial charge in [0.25, 0.3) is 5.91 Å². The molecule has 1 aliphatic rings.